The van der Waals surface area contributed by atoms with Gasteiger partial charge in [0, 0.05) is 0 Å². The second-order valence-corrected chi connectivity index (χ2v) is 21.2. The average Bonchev–Trinajstić information content (AvgIpc) is 3.71. The Morgan fingerprint density at radius 2 is 1.41 bits per heavy atom. The van der Waals surface area contributed by atoms with Crippen LogP contribution < -0.4 is 0 Å². The van der Waals surface area contributed by atoms with Crippen molar-refractivity contribution >= 4 is 0 Å². The van der Waals surface area contributed by atoms with Gasteiger partial charge in [-0.15, -0.1) is 0 Å². The molecular weight excluding hydrogens is 728 g/mol. The summed E-state index contributed by atoms with van der Waals surface area (Å²) in [6.45, 7) is 17.6. The summed E-state index contributed by atoms with van der Waals surface area (Å²) in [5, 5.41) is 99.5. The molecule has 7 rings (SSSR count). The molecule has 3 aliphatic heterocycles. The highest BCUT2D eigenvalue weighted by Crippen LogP contribution is 2.76. The summed E-state index contributed by atoms with van der Waals surface area (Å²) in [4.78, 5) is 0. The lowest BCUT2D eigenvalue weighted by Gasteiger charge is -2.72. The van der Waals surface area contributed by atoms with Crippen LogP contribution in [0.15, 0.2) is 0 Å². The molecule has 0 aromatic carbocycles. The first-order valence-electron chi connectivity index (χ1n) is 21.2. The van der Waals surface area contributed by atoms with Crippen LogP contribution in [-0.2, 0) is 23.7 Å². The van der Waals surface area contributed by atoms with Gasteiger partial charge in [0.25, 0.3) is 0 Å². The number of ether oxygens (including phenoxy) is 5. The summed E-state index contributed by atoms with van der Waals surface area (Å²) in [6.07, 6.45) is -11.0. The van der Waals surface area contributed by atoms with E-state index in [1.807, 2.05) is 0 Å². The van der Waals surface area contributed by atoms with Crippen LogP contribution in [-0.4, -0.2) is 150 Å². The highest BCUT2D eigenvalue weighted by atomic mass is 16.8. The second-order valence-electron chi connectivity index (χ2n) is 21.2. The van der Waals surface area contributed by atoms with Crippen molar-refractivity contribution in [1.82, 2.24) is 0 Å². The molecule has 0 aromatic heterocycles. The zero-order valence-corrected chi connectivity index (χ0v) is 34.8. The van der Waals surface area contributed by atoms with Crippen molar-refractivity contribution in [2.45, 2.75) is 211 Å². The van der Waals surface area contributed by atoms with Crippen molar-refractivity contribution < 1.29 is 69.6 Å². The quantitative estimate of drug-likeness (QED) is 0.166. The molecule has 4 aliphatic carbocycles. The maximum atomic E-state index is 12.4. The molecule has 7 fully saturated rings. The zero-order chi connectivity index (χ0) is 41.3. The van der Waals surface area contributed by atoms with E-state index in [2.05, 4.69) is 41.5 Å². The molecule has 22 atom stereocenters. The maximum Gasteiger partial charge on any atom is 0.187 e. The van der Waals surface area contributed by atoms with Crippen molar-refractivity contribution in [3.63, 3.8) is 0 Å². The largest absolute Gasteiger partial charge is 0.394 e. The Hall–Kier alpha value is -0.560. The van der Waals surface area contributed by atoms with Crippen LogP contribution >= 0.6 is 0 Å². The summed E-state index contributed by atoms with van der Waals surface area (Å²) in [5.41, 5.74) is -3.36. The lowest BCUT2D eigenvalue weighted by Crippen LogP contribution is -2.71. The van der Waals surface area contributed by atoms with Crippen LogP contribution in [0.3, 0.4) is 0 Å². The molecule has 7 aliphatic rings. The predicted octanol–water partition coefficient (Wildman–Crippen LogP) is 1.36. The van der Waals surface area contributed by atoms with E-state index in [0.717, 1.165) is 25.7 Å². The van der Waals surface area contributed by atoms with Crippen molar-refractivity contribution in [1.29, 1.82) is 0 Å². The van der Waals surface area contributed by atoms with Gasteiger partial charge in [-0.2, -0.15) is 0 Å². The van der Waals surface area contributed by atoms with Crippen LogP contribution in [0.5, 0.6) is 0 Å². The van der Waals surface area contributed by atoms with E-state index in [0.29, 0.717) is 25.7 Å². The molecule has 56 heavy (non-hydrogen) atoms. The first kappa shape index (κ1) is 43.5. The predicted molar refractivity (Wildman–Crippen MR) is 200 cm³/mol. The number of fused-ring (bicyclic) bond motifs is 5. The van der Waals surface area contributed by atoms with E-state index in [-0.39, 0.29) is 35.2 Å². The molecule has 324 valence electrons. The standard InChI is InChI=1S/C42H72O14/c1-19-28(46)30(48)32(50)35(52-19)55-33-31(49)29(47)23(18-43)54-36(33)53-22-17-41(8)24(39(6)13-11-25(45)37(2,3)34(22)39)16-21(44)27-20(10-14-40(27,41)7)42(9)15-12-26(56-42)38(4,5)51/h19-36,43-51H,10-18H2,1-9H3/t19-,20?,21+,22-,23+,24+,25-,26+,27?,28-,29+,30+,31-,32+,33-,34-,35-,36+,39+,40+,41+,42-/m0/s1. The van der Waals surface area contributed by atoms with Crippen LogP contribution in [0, 0.1) is 45.3 Å². The molecule has 14 nitrogen and oxygen atoms in total. The molecule has 9 N–H and O–H groups in total. The molecule has 4 saturated carbocycles. The normalized spacial score (nSPS) is 57.3. The monoisotopic (exact) mass is 800 g/mol. The van der Waals surface area contributed by atoms with E-state index >= 15 is 0 Å². The van der Waals surface area contributed by atoms with E-state index in [1.165, 1.54) is 6.92 Å². The Labute approximate surface area is 331 Å². The highest BCUT2D eigenvalue weighted by Gasteiger charge is 2.74. The summed E-state index contributed by atoms with van der Waals surface area (Å²) in [5.74, 6) is -0.246. The highest BCUT2D eigenvalue weighted by molar-refractivity contribution is 5.22. The molecule has 0 amide bonds. The van der Waals surface area contributed by atoms with Crippen LogP contribution in [0.25, 0.3) is 0 Å². The van der Waals surface area contributed by atoms with Gasteiger partial charge in [0.1, 0.15) is 42.7 Å². The smallest absolute Gasteiger partial charge is 0.187 e. The minimum atomic E-state index is -1.70. The molecule has 3 heterocycles. The van der Waals surface area contributed by atoms with E-state index in [9.17, 15) is 46.0 Å². The molecule has 3 saturated heterocycles. The van der Waals surface area contributed by atoms with Gasteiger partial charge in [-0.3, -0.25) is 0 Å². The van der Waals surface area contributed by atoms with Crippen molar-refractivity contribution in [2.75, 3.05) is 6.61 Å². The average molecular weight is 801 g/mol. The van der Waals surface area contributed by atoms with Gasteiger partial charge in [-0.1, -0.05) is 34.6 Å². The van der Waals surface area contributed by atoms with Crippen molar-refractivity contribution in [3.05, 3.63) is 0 Å². The maximum absolute atomic E-state index is 12.4. The minimum Gasteiger partial charge on any atom is -0.394 e. The molecule has 2 unspecified atom stereocenters. The van der Waals surface area contributed by atoms with E-state index in [4.69, 9.17) is 23.7 Å². The van der Waals surface area contributed by atoms with Crippen LogP contribution in [0.4, 0.5) is 0 Å². The summed E-state index contributed by atoms with van der Waals surface area (Å²) in [7, 11) is 0. The number of aliphatic hydroxyl groups is 9. The fourth-order valence-electron chi connectivity index (χ4n) is 14.1. The zero-order valence-electron chi connectivity index (χ0n) is 34.8. The first-order valence-corrected chi connectivity index (χ1v) is 21.2. The number of rotatable bonds is 7. The number of aliphatic hydroxyl groups excluding tert-OH is 8. The van der Waals surface area contributed by atoms with Crippen LogP contribution in [0.2, 0.25) is 0 Å². The Morgan fingerprint density at radius 1 is 0.732 bits per heavy atom. The van der Waals surface area contributed by atoms with Gasteiger partial charge in [0.2, 0.25) is 0 Å². The van der Waals surface area contributed by atoms with Crippen molar-refractivity contribution in [3.8, 4) is 0 Å². The van der Waals surface area contributed by atoms with Gasteiger partial charge in [0.05, 0.1) is 48.3 Å². The van der Waals surface area contributed by atoms with Gasteiger partial charge < -0.3 is 69.6 Å². The molecular formula is C42H72O14. The Bertz CT molecular complexity index is 1430. The molecule has 0 spiro atoms. The SMILES string of the molecule is C[C@@H]1O[C@@H](O[C@@H]2[C@H](O[C@H]3C[C@]4(C)[C@H](C[C@@H](O)C5C([C@]6(C)CC[C@H](C(C)(C)O)O6)CC[C@]54C)[C@@]4(C)CC[C@H](O)C(C)(C)[C@H]34)O[C@H](CO)[C@@H](O)[C@@H]2O)[C@H](O)[C@H](O)[C@H]1O. The fraction of sp³-hybridized carbons (Fsp3) is 1.00. The third-order valence-corrected chi connectivity index (χ3v) is 17.3. The summed E-state index contributed by atoms with van der Waals surface area (Å²) >= 11 is 0. The van der Waals surface area contributed by atoms with Crippen LogP contribution in [0.1, 0.15) is 114 Å². The Morgan fingerprint density at radius 3 is 2.04 bits per heavy atom. The third-order valence-electron chi connectivity index (χ3n) is 17.3. The third kappa shape index (κ3) is 6.49. The van der Waals surface area contributed by atoms with E-state index in [1.54, 1.807) is 13.8 Å². The summed E-state index contributed by atoms with van der Waals surface area (Å²) in [6, 6.07) is 0. The van der Waals surface area contributed by atoms with Gasteiger partial charge in [-0.25, -0.2) is 0 Å². The fourth-order valence-corrected chi connectivity index (χ4v) is 14.1. The molecule has 0 radical (unpaired) electrons. The van der Waals surface area contributed by atoms with Crippen molar-refractivity contribution in [2.24, 2.45) is 45.3 Å². The lowest BCUT2D eigenvalue weighted by atomic mass is 9.34. The number of hydrogen-bond donors (Lipinski definition) is 9. The summed E-state index contributed by atoms with van der Waals surface area (Å²) < 4.78 is 32.0. The Balaban J connectivity index is 1.26. The van der Waals surface area contributed by atoms with Gasteiger partial charge in [0.15, 0.2) is 12.6 Å². The number of hydrogen-bond acceptors (Lipinski definition) is 14. The molecule has 0 aromatic rings. The van der Waals surface area contributed by atoms with E-state index < -0.39 is 114 Å². The lowest BCUT2D eigenvalue weighted by molar-refractivity contribution is -0.382. The van der Waals surface area contributed by atoms with Gasteiger partial charge >= 0.3 is 0 Å². The molecule has 14 heteroatoms. The van der Waals surface area contributed by atoms with Gasteiger partial charge in [-0.05, 0) is 124 Å². The second kappa shape index (κ2) is 14.5. The minimum absolute atomic E-state index is 0.0557. The molecule has 0 bridgehead atoms. The topological polar surface area (TPSA) is 228 Å². The first-order chi connectivity index (χ1) is 25.9. The Kier molecular flexibility index (Phi) is 11.3.